The number of terminal acetylenes is 1. The van der Waals surface area contributed by atoms with Gasteiger partial charge in [0, 0.05) is 18.4 Å². The summed E-state index contributed by atoms with van der Waals surface area (Å²) in [7, 11) is 0. The smallest absolute Gasteiger partial charge is 0.0784 e. The van der Waals surface area contributed by atoms with Gasteiger partial charge in [-0.3, -0.25) is 0 Å². The van der Waals surface area contributed by atoms with E-state index in [-0.39, 0.29) is 0 Å². The summed E-state index contributed by atoms with van der Waals surface area (Å²) in [5.41, 5.74) is 1.58. The molecule has 1 rings (SSSR count). The molecule has 0 aromatic carbocycles. The molecule has 0 bridgehead atoms. The molecule has 2 atom stereocenters. The first-order chi connectivity index (χ1) is 5.15. The van der Waals surface area contributed by atoms with Crippen LogP contribution in [-0.4, -0.2) is 22.4 Å². The number of aliphatic hydroxyl groups excluding tert-OH is 2. The molecule has 2 nitrogen and oxygen atoms in total. The minimum Gasteiger partial charge on any atom is -0.393 e. The van der Waals surface area contributed by atoms with Crippen molar-refractivity contribution in [3.8, 4) is 12.3 Å². The molecule has 2 N–H and O–H groups in total. The molecule has 0 unspecified atom stereocenters. The van der Waals surface area contributed by atoms with E-state index in [4.69, 9.17) is 6.42 Å². The van der Waals surface area contributed by atoms with Crippen LogP contribution in [0.4, 0.5) is 0 Å². The Morgan fingerprint density at radius 1 is 1.55 bits per heavy atom. The normalized spacial score (nSPS) is 31.8. The number of hydrogen-bond acceptors (Lipinski definition) is 2. The zero-order chi connectivity index (χ0) is 8.43. The Hall–Kier alpha value is -0.780. The van der Waals surface area contributed by atoms with Crippen molar-refractivity contribution in [3.05, 3.63) is 11.1 Å². The molecule has 2 heteroatoms. The van der Waals surface area contributed by atoms with E-state index in [0.29, 0.717) is 12.8 Å². The predicted octanol–water partition coefficient (Wildman–Crippen LogP) is 0.452. The SMILES string of the molecule is C#CC1=C(C)[C@@H](O)C[C@H](O)C1. The summed E-state index contributed by atoms with van der Waals surface area (Å²) in [6.45, 7) is 1.81. The van der Waals surface area contributed by atoms with Crippen LogP contribution < -0.4 is 0 Å². The van der Waals surface area contributed by atoms with Gasteiger partial charge in [-0.25, -0.2) is 0 Å². The molecule has 0 saturated carbocycles. The summed E-state index contributed by atoms with van der Waals surface area (Å²) in [6, 6.07) is 0. The molecule has 0 heterocycles. The minimum atomic E-state index is -0.551. The Labute approximate surface area is 66.6 Å². The molecule has 0 aliphatic heterocycles. The van der Waals surface area contributed by atoms with E-state index in [1.165, 1.54) is 0 Å². The quantitative estimate of drug-likeness (QED) is 0.495. The van der Waals surface area contributed by atoms with Crippen LogP contribution in [0.5, 0.6) is 0 Å². The third kappa shape index (κ3) is 1.62. The largest absolute Gasteiger partial charge is 0.393 e. The van der Waals surface area contributed by atoms with Gasteiger partial charge < -0.3 is 10.2 Å². The van der Waals surface area contributed by atoms with Gasteiger partial charge in [-0.1, -0.05) is 5.92 Å². The van der Waals surface area contributed by atoms with Gasteiger partial charge in [0.1, 0.15) is 0 Å². The molecule has 0 spiro atoms. The number of hydrogen-bond donors (Lipinski definition) is 2. The van der Waals surface area contributed by atoms with Gasteiger partial charge in [0.25, 0.3) is 0 Å². The van der Waals surface area contributed by atoms with Gasteiger partial charge in [0.05, 0.1) is 12.2 Å². The molecule has 0 saturated heterocycles. The molecule has 0 aromatic heterocycles. The second kappa shape index (κ2) is 3.08. The van der Waals surface area contributed by atoms with E-state index in [1.807, 2.05) is 6.92 Å². The first kappa shape index (κ1) is 8.32. The Morgan fingerprint density at radius 3 is 2.73 bits per heavy atom. The van der Waals surface area contributed by atoms with Crippen LogP contribution in [0.15, 0.2) is 11.1 Å². The summed E-state index contributed by atoms with van der Waals surface area (Å²) in [4.78, 5) is 0. The summed E-state index contributed by atoms with van der Waals surface area (Å²) < 4.78 is 0. The molecule has 60 valence electrons. The molecule has 0 radical (unpaired) electrons. The second-order valence-corrected chi connectivity index (χ2v) is 2.92. The van der Waals surface area contributed by atoms with Gasteiger partial charge in [-0.05, 0) is 12.5 Å². The van der Waals surface area contributed by atoms with Crippen LogP contribution >= 0.6 is 0 Å². The van der Waals surface area contributed by atoms with Crippen LogP contribution in [0.3, 0.4) is 0 Å². The van der Waals surface area contributed by atoms with Crippen LogP contribution in [0.2, 0.25) is 0 Å². The average Bonchev–Trinajstić information content (AvgIpc) is 1.96. The zero-order valence-electron chi connectivity index (χ0n) is 6.54. The lowest BCUT2D eigenvalue weighted by Gasteiger charge is -2.23. The average molecular weight is 152 g/mol. The highest BCUT2D eigenvalue weighted by molar-refractivity contribution is 5.34. The highest BCUT2D eigenvalue weighted by atomic mass is 16.3. The Kier molecular flexibility index (Phi) is 2.33. The Balaban J connectivity index is 2.88. The lowest BCUT2D eigenvalue weighted by atomic mass is 9.89. The fraction of sp³-hybridized carbons (Fsp3) is 0.556. The van der Waals surface area contributed by atoms with Gasteiger partial charge in [-0.15, -0.1) is 6.42 Å². The first-order valence-corrected chi connectivity index (χ1v) is 3.67. The van der Waals surface area contributed by atoms with Crippen molar-refractivity contribution in [1.29, 1.82) is 0 Å². The van der Waals surface area contributed by atoms with Crippen molar-refractivity contribution in [2.24, 2.45) is 0 Å². The molecule has 1 aliphatic carbocycles. The highest BCUT2D eigenvalue weighted by Gasteiger charge is 2.22. The molecular formula is C9H12O2. The summed E-state index contributed by atoms with van der Waals surface area (Å²) in [5.74, 6) is 2.47. The van der Waals surface area contributed by atoms with E-state index in [1.54, 1.807) is 0 Å². The van der Waals surface area contributed by atoms with E-state index < -0.39 is 12.2 Å². The van der Waals surface area contributed by atoms with Gasteiger partial charge >= 0.3 is 0 Å². The van der Waals surface area contributed by atoms with E-state index in [0.717, 1.165) is 11.1 Å². The van der Waals surface area contributed by atoms with Crippen LogP contribution in [-0.2, 0) is 0 Å². The maximum Gasteiger partial charge on any atom is 0.0784 e. The summed E-state index contributed by atoms with van der Waals surface area (Å²) in [5, 5.41) is 18.5. The Bertz CT molecular complexity index is 222. The van der Waals surface area contributed by atoms with Crippen molar-refractivity contribution >= 4 is 0 Å². The maximum absolute atomic E-state index is 9.34. The Morgan fingerprint density at radius 2 is 2.18 bits per heavy atom. The van der Waals surface area contributed by atoms with Crippen LogP contribution in [0.25, 0.3) is 0 Å². The lowest BCUT2D eigenvalue weighted by Crippen LogP contribution is -2.25. The third-order valence-corrected chi connectivity index (χ3v) is 2.09. The number of rotatable bonds is 0. The molecule has 0 fully saturated rings. The molecule has 0 amide bonds. The van der Waals surface area contributed by atoms with Crippen molar-refractivity contribution in [2.75, 3.05) is 0 Å². The fourth-order valence-electron chi connectivity index (χ4n) is 1.29. The van der Waals surface area contributed by atoms with E-state index >= 15 is 0 Å². The van der Waals surface area contributed by atoms with Crippen molar-refractivity contribution in [2.45, 2.75) is 32.0 Å². The van der Waals surface area contributed by atoms with E-state index in [9.17, 15) is 10.2 Å². The standard InChI is InChI=1S/C9H12O2/c1-3-7-4-8(10)5-9(11)6(7)2/h1,8-11H,4-5H2,2H3/t8-,9+/m1/s1. The molecule has 11 heavy (non-hydrogen) atoms. The monoisotopic (exact) mass is 152 g/mol. The topological polar surface area (TPSA) is 40.5 Å². The highest BCUT2D eigenvalue weighted by Crippen LogP contribution is 2.24. The molecular weight excluding hydrogens is 140 g/mol. The van der Waals surface area contributed by atoms with Crippen molar-refractivity contribution in [1.82, 2.24) is 0 Å². The third-order valence-electron chi connectivity index (χ3n) is 2.09. The number of aliphatic hydroxyl groups is 2. The van der Waals surface area contributed by atoms with Crippen molar-refractivity contribution in [3.63, 3.8) is 0 Å². The second-order valence-electron chi connectivity index (χ2n) is 2.92. The summed E-state index contributed by atoms with van der Waals surface area (Å²) >= 11 is 0. The van der Waals surface area contributed by atoms with Gasteiger partial charge in [0.2, 0.25) is 0 Å². The molecule has 0 aromatic rings. The minimum absolute atomic E-state index is 0.414. The molecule has 1 aliphatic rings. The van der Waals surface area contributed by atoms with E-state index in [2.05, 4.69) is 5.92 Å². The first-order valence-electron chi connectivity index (χ1n) is 3.67. The fourth-order valence-corrected chi connectivity index (χ4v) is 1.29. The van der Waals surface area contributed by atoms with Crippen LogP contribution in [0, 0.1) is 12.3 Å². The predicted molar refractivity (Wildman–Crippen MR) is 42.8 cm³/mol. The lowest BCUT2D eigenvalue weighted by molar-refractivity contribution is 0.0882. The van der Waals surface area contributed by atoms with Crippen molar-refractivity contribution < 1.29 is 10.2 Å². The van der Waals surface area contributed by atoms with Crippen LogP contribution in [0.1, 0.15) is 19.8 Å². The summed E-state index contributed by atoms with van der Waals surface area (Å²) in [6.07, 6.45) is 5.09. The van der Waals surface area contributed by atoms with Gasteiger partial charge in [0.15, 0.2) is 0 Å². The van der Waals surface area contributed by atoms with Gasteiger partial charge in [-0.2, -0.15) is 0 Å². The maximum atomic E-state index is 9.34. The zero-order valence-corrected chi connectivity index (χ0v) is 6.54.